The first-order chi connectivity index (χ1) is 8.29. The summed E-state index contributed by atoms with van der Waals surface area (Å²) in [5.41, 5.74) is 0.997. The molecule has 0 N–H and O–H groups in total. The third kappa shape index (κ3) is 2.94. The average molecular weight is 226 g/mol. The van der Waals surface area contributed by atoms with Gasteiger partial charge in [-0.3, -0.25) is 0 Å². The lowest BCUT2D eigenvalue weighted by Gasteiger charge is -1.99. The van der Waals surface area contributed by atoms with Crippen LogP contribution in [0, 0.1) is 0 Å². The highest BCUT2D eigenvalue weighted by molar-refractivity contribution is 5.89. The SMILES string of the molecule is CCOC(=O)/C=C\c1ccc2ccccc2c1. The summed E-state index contributed by atoms with van der Waals surface area (Å²) in [6, 6.07) is 14.2. The van der Waals surface area contributed by atoms with E-state index in [1.54, 1.807) is 13.0 Å². The van der Waals surface area contributed by atoms with Gasteiger partial charge in [0.25, 0.3) is 0 Å². The summed E-state index contributed by atoms with van der Waals surface area (Å²) in [5, 5.41) is 2.36. The number of benzene rings is 2. The minimum absolute atomic E-state index is 0.305. The molecule has 0 aliphatic carbocycles. The summed E-state index contributed by atoms with van der Waals surface area (Å²) < 4.78 is 4.83. The Hall–Kier alpha value is -2.09. The van der Waals surface area contributed by atoms with Gasteiger partial charge in [0.2, 0.25) is 0 Å². The fourth-order valence-electron chi connectivity index (χ4n) is 1.67. The molecule has 0 aliphatic heterocycles. The van der Waals surface area contributed by atoms with Gasteiger partial charge in [-0.15, -0.1) is 0 Å². The van der Waals surface area contributed by atoms with E-state index in [9.17, 15) is 4.79 Å². The summed E-state index contributed by atoms with van der Waals surface area (Å²) >= 11 is 0. The number of carbonyl (C=O) groups is 1. The molecule has 2 heteroatoms. The number of fused-ring (bicyclic) bond motifs is 1. The monoisotopic (exact) mass is 226 g/mol. The molecule has 86 valence electrons. The van der Waals surface area contributed by atoms with Crippen molar-refractivity contribution in [3.63, 3.8) is 0 Å². The Balaban J connectivity index is 2.22. The lowest BCUT2D eigenvalue weighted by atomic mass is 10.1. The highest BCUT2D eigenvalue weighted by Gasteiger charge is 1.95. The van der Waals surface area contributed by atoms with Crippen LogP contribution in [0.25, 0.3) is 16.8 Å². The first-order valence-electron chi connectivity index (χ1n) is 5.63. The van der Waals surface area contributed by atoms with Crippen molar-refractivity contribution >= 4 is 22.8 Å². The summed E-state index contributed by atoms with van der Waals surface area (Å²) in [5.74, 6) is -0.305. The number of rotatable bonds is 3. The van der Waals surface area contributed by atoms with Gasteiger partial charge < -0.3 is 4.74 Å². The third-order valence-corrected chi connectivity index (χ3v) is 2.47. The van der Waals surface area contributed by atoms with Crippen molar-refractivity contribution in [2.45, 2.75) is 6.92 Å². The van der Waals surface area contributed by atoms with E-state index in [2.05, 4.69) is 12.1 Å². The average Bonchev–Trinajstić information content (AvgIpc) is 2.36. The van der Waals surface area contributed by atoms with E-state index in [1.165, 1.54) is 16.8 Å². The molecule has 0 radical (unpaired) electrons. The van der Waals surface area contributed by atoms with E-state index < -0.39 is 0 Å². The molecule has 0 saturated carbocycles. The van der Waals surface area contributed by atoms with E-state index in [4.69, 9.17) is 4.74 Å². The molecule has 2 aromatic carbocycles. The lowest BCUT2D eigenvalue weighted by Crippen LogP contribution is -1.98. The van der Waals surface area contributed by atoms with Crippen LogP contribution in [0.4, 0.5) is 0 Å². The fraction of sp³-hybridized carbons (Fsp3) is 0.133. The number of esters is 1. The molecule has 0 aliphatic rings. The van der Waals surface area contributed by atoms with E-state index in [-0.39, 0.29) is 5.97 Å². The molecule has 0 spiro atoms. The van der Waals surface area contributed by atoms with E-state index in [1.807, 2.05) is 30.3 Å². The summed E-state index contributed by atoms with van der Waals surface area (Å²) in [6.45, 7) is 2.20. The number of carbonyl (C=O) groups excluding carboxylic acids is 1. The van der Waals surface area contributed by atoms with Crippen LogP contribution in [-0.2, 0) is 9.53 Å². The first kappa shape index (κ1) is 11.4. The van der Waals surface area contributed by atoms with Crippen LogP contribution in [0.1, 0.15) is 12.5 Å². The quantitative estimate of drug-likeness (QED) is 0.592. The van der Waals surface area contributed by atoms with Gasteiger partial charge in [-0.2, -0.15) is 0 Å². The van der Waals surface area contributed by atoms with Gasteiger partial charge in [-0.25, -0.2) is 4.79 Å². The molecule has 0 heterocycles. The zero-order valence-corrected chi connectivity index (χ0v) is 9.72. The zero-order chi connectivity index (χ0) is 12.1. The van der Waals surface area contributed by atoms with Crippen LogP contribution < -0.4 is 0 Å². The predicted molar refractivity (Wildman–Crippen MR) is 69.6 cm³/mol. The molecule has 0 amide bonds. The Morgan fingerprint density at radius 1 is 1.18 bits per heavy atom. The molecule has 0 saturated heterocycles. The van der Waals surface area contributed by atoms with Crippen molar-refractivity contribution in [1.82, 2.24) is 0 Å². The maximum atomic E-state index is 11.2. The van der Waals surface area contributed by atoms with E-state index in [0.717, 1.165) is 5.56 Å². The van der Waals surface area contributed by atoms with E-state index in [0.29, 0.717) is 6.61 Å². The summed E-state index contributed by atoms with van der Waals surface area (Å²) in [7, 11) is 0. The topological polar surface area (TPSA) is 26.3 Å². The van der Waals surface area contributed by atoms with Gasteiger partial charge in [0.15, 0.2) is 0 Å². The van der Waals surface area contributed by atoms with Crippen LogP contribution in [0.3, 0.4) is 0 Å². The molecular formula is C15H14O2. The van der Waals surface area contributed by atoms with Gasteiger partial charge >= 0.3 is 5.97 Å². The number of hydrogen-bond donors (Lipinski definition) is 0. The molecule has 0 unspecified atom stereocenters. The van der Waals surface area contributed by atoms with Gasteiger partial charge in [0.05, 0.1) is 6.61 Å². The Labute approximate surface area is 101 Å². The van der Waals surface area contributed by atoms with E-state index >= 15 is 0 Å². The minimum Gasteiger partial charge on any atom is -0.463 e. The van der Waals surface area contributed by atoms with Crippen LogP contribution in [0.15, 0.2) is 48.5 Å². The second kappa shape index (κ2) is 5.30. The number of ether oxygens (including phenoxy) is 1. The largest absolute Gasteiger partial charge is 0.463 e. The lowest BCUT2D eigenvalue weighted by molar-refractivity contribution is -0.137. The predicted octanol–water partition coefficient (Wildman–Crippen LogP) is 3.42. The third-order valence-electron chi connectivity index (χ3n) is 2.47. The highest BCUT2D eigenvalue weighted by Crippen LogP contribution is 2.16. The molecule has 2 aromatic rings. The molecule has 0 fully saturated rings. The fourth-order valence-corrected chi connectivity index (χ4v) is 1.67. The van der Waals surface area contributed by atoms with Crippen LogP contribution in [0.2, 0.25) is 0 Å². The molecule has 2 rings (SSSR count). The summed E-state index contributed by atoms with van der Waals surface area (Å²) in [6.07, 6.45) is 3.22. The van der Waals surface area contributed by atoms with Gasteiger partial charge in [0.1, 0.15) is 0 Å². The molecule has 2 nitrogen and oxygen atoms in total. The first-order valence-corrected chi connectivity index (χ1v) is 5.63. The molecule has 17 heavy (non-hydrogen) atoms. The Bertz CT molecular complexity index is 556. The standard InChI is InChI=1S/C15H14O2/c1-2-17-15(16)10-8-12-7-9-13-5-3-4-6-14(13)11-12/h3-11H,2H2,1H3/b10-8-. The maximum absolute atomic E-state index is 11.2. The van der Waals surface area contributed by atoms with Gasteiger partial charge in [-0.1, -0.05) is 36.4 Å². The van der Waals surface area contributed by atoms with Crippen molar-refractivity contribution in [3.05, 3.63) is 54.1 Å². The van der Waals surface area contributed by atoms with Crippen molar-refractivity contribution in [2.75, 3.05) is 6.61 Å². The van der Waals surface area contributed by atoms with Crippen molar-refractivity contribution in [3.8, 4) is 0 Å². The Morgan fingerprint density at radius 3 is 2.71 bits per heavy atom. The molecule has 0 atom stereocenters. The van der Waals surface area contributed by atoms with Crippen molar-refractivity contribution in [1.29, 1.82) is 0 Å². The Kier molecular flexibility index (Phi) is 3.55. The smallest absolute Gasteiger partial charge is 0.330 e. The second-order valence-corrected chi connectivity index (χ2v) is 3.69. The minimum atomic E-state index is -0.305. The van der Waals surface area contributed by atoms with Gasteiger partial charge in [-0.05, 0) is 35.4 Å². The van der Waals surface area contributed by atoms with Crippen LogP contribution in [0.5, 0.6) is 0 Å². The van der Waals surface area contributed by atoms with Crippen molar-refractivity contribution < 1.29 is 9.53 Å². The Morgan fingerprint density at radius 2 is 1.94 bits per heavy atom. The number of hydrogen-bond acceptors (Lipinski definition) is 2. The highest BCUT2D eigenvalue weighted by atomic mass is 16.5. The van der Waals surface area contributed by atoms with Crippen LogP contribution >= 0.6 is 0 Å². The normalized spacial score (nSPS) is 10.9. The molecular weight excluding hydrogens is 212 g/mol. The van der Waals surface area contributed by atoms with Crippen LogP contribution in [-0.4, -0.2) is 12.6 Å². The molecule has 0 bridgehead atoms. The maximum Gasteiger partial charge on any atom is 0.330 e. The second-order valence-electron chi connectivity index (χ2n) is 3.69. The van der Waals surface area contributed by atoms with Crippen molar-refractivity contribution in [2.24, 2.45) is 0 Å². The summed E-state index contributed by atoms with van der Waals surface area (Å²) in [4.78, 5) is 11.2. The zero-order valence-electron chi connectivity index (χ0n) is 9.72. The molecule has 0 aromatic heterocycles. The van der Waals surface area contributed by atoms with Gasteiger partial charge in [0, 0.05) is 6.08 Å².